The number of benzene rings is 3. The van der Waals surface area contributed by atoms with E-state index in [1.807, 2.05) is 24.7 Å². The predicted octanol–water partition coefficient (Wildman–Crippen LogP) is 6.18. The molecule has 0 radical (unpaired) electrons. The van der Waals surface area contributed by atoms with Crippen LogP contribution in [-0.4, -0.2) is 14.4 Å². The van der Waals surface area contributed by atoms with Crippen LogP contribution in [0.5, 0.6) is 0 Å². The third kappa shape index (κ3) is 1.85. The van der Waals surface area contributed by atoms with Crippen LogP contribution in [0.4, 0.5) is 0 Å². The minimum atomic E-state index is 0.962. The van der Waals surface area contributed by atoms with E-state index in [0.29, 0.717) is 0 Å². The third-order valence-corrected chi connectivity index (χ3v) is 7.16. The van der Waals surface area contributed by atoms with Gasteiger partial charge in [-0.05, 0) is 74.9 Å². The zero-order valence-corrected chi connectivity index (χ0v) is 16.8. The number of hydrogen-bond donors (Lipinski definition) is 0. The summed E-state index contributed by atoms with van der Waals surface area (Å²) in [5.74, 6) is 0. The second-order valence-corrected chi connectivity index (χ2v) is 8.65. The van der Waals surface area contributed by atoms with Gasteiger partial charge in [-0.15, -0.1) is 0 Å². The molecule has 3 aromatic heterocycles. The van der Waals surface area contributed by atoms with Gasteiger partial charge in [0.1, 0.15) is 11.3 Å². The van der Waals surface area contributed by atoms with Gasteiger partial charge in [0.05, 0.1) is 0 Å². The van der Waals surface area contributed by atoms with Crippen LogP contribution in [0.25, 0.3) is 49.7 Å². The second kappa shape index (κ2) is 5.38. The number of rotatable bonds is 0. The van der Waals surface area contributed by atoms with Crippen molar-refractivity contribution >= 4 is 27.5 Å². The number of imidazole rings is 1. The van der Waals surface area contributed by atoms with Crippen LogP contribution in [-0.2, 0) is 12.8 Å². The molecule has 0 unspecified atom stereocenters. The second-order valence-electron chi connectivity index (χ2n) is 8.65. The summed E-state index contributed by atoms with van der Waals surface area (Å²) in [5.41, 5.74) is 13.3. The van der Waals surface area contributed by atoms with Crippen molar-refractivity contribution in [2.24, 2.45) is 0 Å². The summed E-state index contributed by atoms with van der Waals surface area (Å²) in [6.45, 7) is 0. The molecule has 2 aliphatic rings. The molecule has 3 aromatic carbocycles. The molecule has 3 heteroatoms. The summed E-state index contributed by atoms with van der Waals surface area (Å²) < 4.78 is 2.14. The van der Waals surface area contributed by atoms with E-state index in [9.17, 15) is 0 Å². The number of hydrogen-bond acceptors (Lipinski definition) is 2. The Morgan fingerprint density at radius 1 is 0.613 bits per heavy atom. The largest absolute Gasteiger partial charge is 0.283 e. The number of nitrogens with zero attached hydrogens (tertiary/aromatic N) is 3. The Morgan fingerprint density at radius 3 is 2.48 bits per heavy atom. The maximum absolute atomic E-state index is 4.78. The van der Waals surface area contributed by atoms with Crippen LogP contribution >= 0.6 is 0 Å². The van der Waals surface area contributed by atoms with E-state index in [2.05, 4.69) is 64.0 Å². The smallest absolute Gasteiger partial charge is 0.146 e. The normalized spacial score (nSPS) is 13.5. The van der Waals surface area contributed by atoms with Gasteiger partial charge in [0.2, 0.25) is 0 Å². The monoisotopic (exact) mass is 395 g/mol. The first kappa shape index (κ1) is 15.8. The maximum atomic E-state index is 4.78. The molecule has 0 bridgehead atoms. The summed E-state index contributed by atoms with van der Waals surface area (Å²) in [4.78, 5) is 9.44. The zero-order valence-electron chi connectivity index (χ0n) is 16.8. The van der Waals surface area contributed by atoms with Gasteiger partial charge >= 0.3 is 0 Å². The van der Waals surface area contributed by atoms with Gasteiger partial charge in [-0.25, -0.2) is 9.97 Å². The highest BCUT2D eigenvalue weighted by Crippen LogP contribution is 2.50. The SMILES string of the molecule is c1ccc2c(c1)Cc1ccc3c(c1-2)Cc1ccc2c4cccnc4n4ccnc4c2c1-3. The number of aromatic nitrogens is 3. The van der Waals surface area contributed by atoms with E-state index >= 15 is 0 Å². The van der Waals surface area contributed by atoms with Gasteiger partial charge in [-0.3, -0.25) is 4.40 Å². The van der Waals surface area contributed by atoms with Gasteiger partial charge < -0.3 is 0 Å². The summed E-state index contributed by atoms with van der Waals surface area (Å²) in [6.07, 6.45) is 7.79. The average molecular weight is 395 g/mol. The lowest BCUT2D eigenvalue weighted by Gasteiger charge is -2.12. The van der Waals surface area contributed by atoms with Crippen LogP contribution < -0.4 is 0 Å². The van der Waals surface area contributed by atoms with Gasteiger partial charge in [0.15, 0.2) is 0 Å². The molecule has 144 valence electrons. The Hall–Kier alpha value is -3.98. The van der Waals surface area contributed by atoms with Crippen LogP contribution in [0.2, 0.25) is 0 Å². The fourth-order valence-corrected chi connectivity index (χ4v) is 5.93. The molecule has 0 saturated heterocycles. The molecule has 0 fully saturated rings. The van der Waals surface area contributed by atoms with Gasteiger partial charge in [0.25, 0.3) is 0 Å². The average Bonchev–Trinajstić information content (AvgIpc) is 3.53. The highest BCUT2D eigenvalue weighted by molar-refractivity contribution is 6.18. The fourth-order valence-electron chi connectivity index (χ4n) is 5.93. The first-order valence-electron chi connectivity index (χ1n) is 10.8. The van der Waals surface area contributed by atoms with Crippen LogP contribution in [0.15, 0.2) is 79.3 Å². The summed E-state index contributed by atoms with van der Waals surface area (Å²) in [7, 11) is 0. The molecule has 6 aromatic rings. The molecule has 0 saturated carbocycles. The highest BCUT2D eigenvalue weighted by Gasteiger charge is 2.30. The quantitative estimate of drug-likeness (QED) is 0.287. The van der Waals surface area contributed by atoms with Gasteiger partial charge in [0, 0.05) is 29.4 Å². The molecule has 0 atom stereocenters. The van der Waals surface area contributed by atoms with Crippen molar-refractivity contribution in [2.75, 3.05) is 0 Å². The number of pyridine rings is 2. The Bertz CT molecular complexity index is 1740. The van der Waals surface area contributed by atoms with Crippen molar-refractivity contribution in [3.8, 4) is 22.3 Å². The highest BCUT2D eigenvalue weighted by atomic mass is 15.0. The molecule has 2 aliphatic carbocycles. The Kier molecular flexibility index (Phi) is 2.74. The molecular formula is C28H17N3. The van der Waals surface area contributed by atoms with Gasteiger partial charge in [-0.1, -0.05) is 48.5 Å². The van der Waals surface area contributed by atoms with Crippen molar-refractivity contribution in [3.63, 3.8) is 0 Å². The van der Waals surface area contributed by atoms with E-state index < -0.39 is 0 Å². The first-order valence-corrected chi connectivity index (χ1v) is 10.8. The van der Waals surface area contributed by atoms with Crippen LogP contribution in [0.3, 0.4) is 0 Å². The van der Waals surface area contributed by atoms with E-state index in [4.69, 9.17) is 4.98 Å². The summed E-state index contributed by atoms with van der Waals surface area (Å²) in [6, 6.07) is 22.3. The van der Waals surface area contributed by atoms with Crippen molar-refractivity contribution in [3.05, 3.63) is 102 Å². The lowest BCUT2D eigenvalue weighted by Crippen LogP contribution is -1.95. The molecule has 8 rings (SSSR count). The molecule has 3 heterocycles. The molecule has 31 heavy (non-hydrogen) atoms. The summed E-state index contributed by atoms with van der Waals surface area (Å²) >= 11 is 0. The van der Waals surface area contributed by atoms with E-state index in [1.54, 1.807) is 0 Å². The molecule has 3 nitrogen and oxygen atoms in total. The third-order valence-electron chi connectivity index (χ3n) is 7.16. The Morgan fingerprint density at radius 2 is 1.48 bits per heavy atom. The van der Waals surface area contributed by atoms with Crippen molar-refractivity contribution in [1.82, 2.24) is 14.4 Å². The first-order chi connectivity index (χ1) is 15.4. The molecule has 0 N–H and O–H groups in total. The minimum absolute atomic E-state index is 0.962. The standard InChI is InChI=1S/C28H17N3/c1-2-5-19-16(4-1)14-17-7-10-21-23(24(17)19)15-18-8-9-20-22-6-3-11-29-27(22)31-13-12-30-28(31)26(20)25(18)21/h1-13H,14-15H2. The minimum Gasteiger partial charge on any atom is -0.283 e. The number of fused-ring (bicyclic) bond motifs is 14. The Labute approximate surface area is 178 Å². The maximum Gasteiger partial charge on any atom is 0.146 e. The molecule has 0 amide bonds. The van der Waals surface area contributed by atoms with Crippen LogP contribution in [0, 0.1) is 0 Å². The van der Waals surface area contributed by atoms with Crippen molar-refractivity contribution in [1.29, 1.82) is 0 Å². The lowest BCUT2D eigenvalue weighted by molar-refractivity contribution is 1.20. The Balaban J connectivity index is 1.54. The van der Waals surface area contributed by atoms with Crippen molar-refractivity contribution < 1.29 is 0 Å². The predicted molar refractivity (Wildman–Crippen MR) is 124 cm³/mol. The van der Waals surface area contributed by atoms with Crippen molar-refractivity contribution in [2.45, 2.75) is 12.8 Å². The molecule has 0 aliphatic heterocycles. The zero-order chi connectivity index (χ0) is 20.1. The summed E-state index contributed by atoms with van der Waals surface area (Å²) in [5, 5.41) is 3.65. The van der Waals surface area contributed by atoms with E-state index in [-0.39, 0.29) is 0 Å². The van der Waals surface area contributed by atoms with E-state index in [0.717, 1.165) is 24.1 Å². The fraction of sp³-hybridized carbons (Fsp3) is 0.0714. The molecule has 0 spiro atoms. The lowest BCUT2D eigenvalue weighted by atomic mass is 9.94. The van der Waals surface area contributed by atoms with Crippen LogP contribution in [0.1, 0.15) is 22.3 Å². The van der Waals surface area contributed by atoms with E-state index in [1.165, 1.54) is 60.7 Å². The topological polar surface area (TPSA) is 30.2 Å². The van der Waals surface area contributed by atoms with Gasteiger partial charge in [-0.2, -0.15) is 0 Å². The molecular weight excluding hydrogens is 378 g/mol.